The summed E-state index contributed by atoms with van der Waals surface area (Å²) in [5, 5.41) is 3.56. The number of furan rings is 1. The Hall–Kier alpha value is -1.70. The van der Waals surface area contributed by atoms with Crippen LogP contribution in [0.2, 0.25) is 0 Å². The van der Waals surface area contributed by atoms with Gasteiger partial charge in [0.2, 0.25) is 0 Å². The van der Waals surface area contributed by atoms with E-state index in [0.717, 1.165) is 11.5 Å². The zero-order valence-electron chi connectivity index (χ0n) is 11.8. The molecule has 2 aromatic rings. The lowest BCUT2D eigenvalue weighted by molar-refractivity contribution is 0.500. The van der Waals surface area contributed by atoms with Crippen LogP contribution in [0, 0.1) is 27.7 Å². The predicted molar refractivity (Wildman–Crippen MR) is 76.1 cm³/mol. The summed E-state index contributed by atoms with van der Waals surface area (Å²) in [7, 11) is 0. The average Bonchev–Trinajstić information content (AvgIpc) is 2.64. The molecule has 96 valence electrons. The van der Waals surface area contributed by atoms with Gasteiger partial charge in [-0.3, -0.25) is 0 Å². The van der Waals surface area contributed by atoms with Crippen molar-refractivity contribution in [2.24, 2.45) is 0 Å². The monoisotopic (exact) mass is 243 g/mol. The summed E-state index contributed by atoms with van der Waals surface area (Å²) in [6, 6.07) is 8.71. The maximum Gasteiger partial charge on any atom is 0.106 e. The van der Waals surface area contributed by atoms with E-state index in [4.69, 9.17) is 4.42 Å². The van der Waals surface area contributed by atoms with Gasteiger partial charge in [-0.05, 0) is 57.9 Å². The van der Waals surface area contributed by atoms with E-state index >= 15 is 0 Å². The van der Waals surface area contributed by atoms with Crippen molar-refractivity contribution in [2.75, 3.05) is 5.32 Å². The van der Waals surface area contributed by atoms with Crippen molar-refractivity contribution in [3.63, 3.8) is 0 Å². The van der Waals surface area contributed by atoms with E-state index in [0.29, 0.717) is 0 Å². The first kappa shape index (κ1) is 12.7. The summed E-state index contributed by atoms with van der Waals surface area (Å²) in [4.78, 5) is 0. The Labute approximate surface area is 109 Å². The third kappa shape index (κ3) is 2.42. The Morgan fingerprint density at radius 1 is 1.11 bits per heavy atom. The molecule has 0 bridgehead atoms. The Kier molecular flexibility index (Phi) is 3.46. The molecule has 0 spiro atoms. The van der Waals surface area contributed by atoms with Gasteiger partial charge in [0.15, 0.2) is 0 Å². The first-order valence-corrected chi connectivity index (χ1v) is 6.38. The van der Waals surface area contributed by atoms with Gasteiger partial charge < -0.3 is 9.73 Å². The number of aryl methyl sites for hydroxylation is 3. The summed E-state index contributed by atoms with van der Waals surface area (Å²) < 4.78 is 5.59. The number of rotatable bonds is 3. The van der Waals surface area contributed by atoms with Gasteiger partial charge in [-0.15, -0.1) is 0 Å². The van der Waals surface area contributed by atoms with E-state index in [-0.39, 0.29) is 6.04 Å². The second kappa shape index (κ2) is 4.89. The highest BCUT2D eigenvalue weighted by Crippen LogP contribution is 2.27. The molecule has 1 atom stereocenters. The lowest BCUT2D eigenvalue weighted by atomic mass is 10.1. The van der Waals surface area contributed by atoms with E-state index in [9.17, 15) is 0 Å². The van der Waals surface area contributed by atoms with E-state index < -0.39 is 0 Å². The number of anilines is 1. The molecular weight excluding hydrogens is 222 g/mol. The molecule has 0 amide bonds. The van der Waals surface area contributed by atoms with Gasteiger partial charge in [-0.25, -0.2) is 0 Å². The fourth-order valence-electron chi connectivity index (χ4n) is 2.30. The molecule has 1 unspecified atom stereocenters. The van der Waals surface area contributed by atoms with Crippen molar-refractivity contribution in [3.05, 3.63) is 52.5 Å². The largest absolute Gasteiger partial charge is 0.466 e. The van der Waals surface area contributed by atoms with E-state index in [1.54, 1.807) is 0 Å². The summed E-state index contributed by atoms with van der Waals surface area (Å²) in [6.45, 7) is 10.5. The van der Waals surface area contributed by atoms with Crippen molar-refractivity contribution < 1.29 is 4.42 Å². The molecule has 0 fully saturated rings. The van der Waals surface area contributed by atoms with Crippen molar-refractivity contribution in [1.29, 1.82) is 0 Å². The number of hydrogen-bond donors (Lipinski definition) is 1. The first-order chi connectivity index (χ1) is 8.49. The minimum absolute atomic E-state index is 0.253. The second-order valence-corrected chi connectivity index (χ2v) is 4.98. The van der Waals surface area contributed by atoms with Crippen LogP contribution < -0.4 is 5.32 Å². The topological polar surface area (TPSA) is 25.2 Å². The quantitative estimate of drug-likeness (QED) is 0.846. The van der Waals surface area contributed by atoms with Crippen LogP contribution in [0.15, 0.2) is 28.7 Å². The summed E-state index contributed by atoms with van der Waals surface area (Å²) in [5.41, 5.74) is 5.05. The highest BCUT2D eigenvalue weighted by molar-refractivity contribution is 5.55. The highest BCUT2D eigenvalue weighted by atomic mass is 16.3. The van der Waals surface area contributed by atoms with Gasteiger partial charge in [-0.2, -0.15) is 0 Å². The van der Waals surface area contributed by atoms with Crippen molar-refractivity contribution >= 4 is 5.69 Å². The van der Waals surface area contributed by atoms with Crippen LogP contribution in [0.1, 0.15) is 41.2 Å². The third-order valence-corrected chi connectivity index (χ3v) is 3.52. The van der Waals surface area contributed by atoms with Gasteiger partial charge >= 0.3 is 0 Å². The molecule has 1 heterocycles. The van der Waals surface area contributed by atoms with Gasteiger partial charge in [0.25, 0.3) is 0 Å². The highest BCUT2D eigenvalue weighted by Gasteiger charge is 2.13. The number of nitrogens with one attached hydrogen (secondary N) is 1. The smallest absolute Gasteiger partial charge is 0.106 e. The fourth-order valence-corrected chi connectivity index (χ4v) is 2.30. The number of benzene rings is 1. The van der Waals surface area contributed by atoms with Gasteiger partial charge in [0.1, 0.15) is 11.5 Å². The lowest BCUT2D eigenvalue weighted by Gasteiger charge is -2.17. The molecule has 18 heavy (non-hydrogen) atoms. The Bertz CT molecular complexity index is 554. The van der Waals surface area contributed by atoms with Crippen LogP contribution in [-0.4, -0.2) is 0 Å². The molecule has 1 N–H and O–H groups in total. The molecule has 0 aliphatic rings. The second-order valence-electron chi connectivity index (χ2n) is 4.98. The molecule has 0 aliphatic carbocycles. The van der Waals surface area contributed by atoms with Crippen LogP contribution in [0.25, 0.3) is 0 Å². The van der Waals surface area contributed by atoms with Crippen molar-refractivity contribution in [2.45, 2.75) is 40.7 Å². The molecule has 0 radical (unpaired) electrons. The summed E-state index contributed by atoms with van der Waals surface area (Å²) in [6.07, 6.45) is 0. The number of hydrogen-bond acceptors (Lipinski definition) is 2. The molecule has 2 nitrogen and oxygen atoms in total. The first-order valence-electron chi connectivity index (χ1n) is 6.38. The van der Waals surface area contributed by atoms with Crippen molar-refractivity contribution in [3.8, 4) is 0 Å². The minimum Gasteiger partial charge on any atom is -0.466 e. The van der Waals surface area contributed by atoms with Crippen LogP contribution in [0.5, 0.6) is 0 Å². The van der Waals surface area contributed by atoms with Crippen LogP contribution in [-0.2, 0) is 0 Å². The fraction of sp³-hybridized carbons (Fsp3) is 0.375. The minimum atomic E-state index is 0.253. The predicted octanol–water partition coefficient (Wildman–Crippen LogP) is 4.69. The molecular formula is C16H21NO. The Morgan fingerprint density at radius 2 is 1.83 bits per heavy atom. The summed E-state index contributed by atoms with van der Waals surface area (Å²) in [5.74, 6) is 1.97. The van der Waals surface area contributed by atoms with Crippen molar-refractivity contribution in [1.82, 2.24) is 0 Å². The van der Waals surface area contributed by atoms with Crippen LogP contribution >= 0.6 is 0 Å². The molecule has 0 aliphatic heterocycles. The van der Waals surface area contributed by atoms with Crippen LogP contribution in [0.4, 0.5) is 5.69 Å². The maximum absolute atomic E-state index is 5.59. The molecule has 0 saturated carbocycles. The molecule has 1 aromatic carbocycles. The lowest BCUT2D eigenvalue weighted by Crippen LogP contribution is -2.08. The van der Waals surface area contributed by atoms with E-state index in [1.165, 1.54) is 22.4 Å². The normalized spacial score (nSPS) is 12.5. The zero-order chi connectivity index (χ0) is 13.3. The van der Waals surface area contributed by atoms with Gasteiger partial charge in [0.05, 0.1) is 6.04 Å². The van der Waals surface area contributed by atoms with Gasteiger partial charge in [0, 0.05) is 11.3 Å². The molecule has 0 saturated heterocycles. The van der Waals surface area contributed by atoms with E-state index in [1.807, 2.05) is 13.8 Å². The Morgan fingerprint density at radius 3 is 2.44 bits per heavy atom. The van der Waals surface area contributed by atoms with Gasteiger partial charge in [-0.1, -0.05) is 12.1 Å². The standard InChI is InChI=1S/C16H21NO/c1-10-7-6-8-16(12(10)3)17-13(4)15-9-11(2)18-14(15)5/h6-9,13,17H,1-5H3. The molecule has 2 rings (SSSR count). The van der Waals surface area contributed by atoms with E-state index in [2.05, 4.69) is 50.4 Å². The zero-order valence-corrected chi connectivity index (χ0v) is 11.8. The maximum atomic E-state index is 5.59. The Balaban J connectivity index is 2.24. The molecule has 1 aromatic heterocycles. The SMILES string of the molecule is Cc1cc(C(C)Nc2cccc(C)c2C)c(C)o1. The third-order valence-electron chi connectivity index (χ3n) is 3.52. The average molecular weight is 243 g/mol. The molecule has 2 heteroatoms. The summed E-state index contributed by atoms with van der Waals surface area (Å²) >= 11 is 0. The van der Waals surface area contributed by atoms with Crippen LogP contribution in [0.3, 0.4) is 0 Å².